The van der Waals surface area contributed by atoms with E-state index >= 15 is 0 Å². The van der Waals surface area contributed by atoms with Crippen molar-refractivity contribution in [3.8, 4) is 0 Å². The van der Waals surface area contributed by atoms with Crippen LogP contribution in [0.1, 0.15) is 20.8 Å². The van der Waals surface area contributed by atoms with Gasteiger partial charge in [-0.15, -0.1) is 0 Å². The molecule has 0 fully saturated rings. The number of carbonyl (C=O) groups is 1. The lowest BCUT2D eigenvalue weighted by Gasteiger charge is -2.26. The zero-order valence-corrected chi connectivity index (χ0v) is 12.3. The van der Waals surface area contributed by atoms with E-state index in [1.54, 1.807) is 0 Å². The summed E-state index contributed by atoms with van der Waals surface area (Å²) in [4.78, 5) is 14.0. The van der Waals surface area contributed by atoms with Gasteiger partial charge in [0.15, 0.2) is 0 Å². The Morgan fingerprint density at radius 2 is 1.89 bits per heavy atom. The number of amides is 1. The molecule has 1 aromatic carbocycles. The quantitative estimate of drug-likeness (QED) is 0.848. The van der Waals surface area contributed by atoms with Crippen LogP contribution in [-0.2, 0) is 4.79 Å². The number of carbonyl (C=O) groups excluding carboxylic acids is 1. The highest BCUT2D eigenvalue weighted by Crippen LogP contribution is 2.17. The number of likely N-dealkylation sites (N-methyl/N-ethyl adjacent to an activating group) is 1. The summed E-state index contributed by atoms with van der Waals surface area (Å²) in [6.07, 6.45) is 0. The summed E-state index contributed by atoms with van der Waals surface area (Å²) in [5.74, 6) is -0.0889. The van der Waals surface area contributed by atoms with E-state index < -0.39 is 6.04 Å². The zero-order valence-electron chi connectivity index (χ0n) is 12.3. The Morgan fingerprint density at radius 3 is 2.42 bits per heavy atom. The minimum atomic E-state index is -0.477. The van der Waals surface area contributed by atoms with Crippen molar-refractivity contribution >= 4 is 11.6 Å². The second kappa shape index (κ2) is 6.57. The van der Waals surface area contributed by atoms with Gasteiger partial charge in [-0.25, -0.2) is 0 Å². The molecule has 0 aromatic heterocycles. The zero-order chi connectivity index (χ0) is 14.5. The van der Waals surface area contributed by atoms with Gasteiger partial charge >= 0.3 is 0 Å². The molecule has 1 aromatic rings. The highest BCUT2D eigenvalue weighted by atomic mass is 16.2. The molecule has 19 heavy (non-hydrogen) atoms. The molecule has 0 unspecified atom stereocenters. The first-order valence-electron chi connectivity index (χ1n) is 6.62. The van der Waals surface area contributed by atoms with Crippen molar-refractivity contribution in [2.45, 2.75) is 26.8 Å². The van der Waals surface area contributed by atoms with Crippen molar-refractivity contribution in [3.63, 3.8) is 0 Å². The molecule has 0 heterocycles. The molecule has 0 bridgehead atoms. The third kappa shape index (κ3) is 4.91. The Hall–Kier alpha value is -1.55. The number of nitrogens with one attached hydrogen (secondary N) is 1. The van der Waals surface area contributed by atoms with Gasteiger partial charge in [0.25, 0.3) is 0 Å². The van der Waals surface area contributed by atoms with Gasteiger partial charge in [-0.05, 0) is 17.5 Å². The van der Waals surface area contributed by atoms with E-state index in [2.05, 4.69) is 10.2 Å². The molecule has 1 rings (SSSR count). The van der Waals surface area contributed by atoms with Gasteiger partial charge in [-0.3, -0.25) is 4.79 Å². The number of hydrogen-bond acceptors (Lipinski definition) is 3. The van der Waals surface area contributed by atoms with Gasteiger partial charge in [-0.2, -0.15) is 0 Å². The molecule has 106 valence electrons. The Kier molecular flexibility index (Phi) is 5.36. The number of hydrogen-bond donors (Lipinski definition) is 2. The fourth-order valence-electron chi connectivity index (χ4n) is 1.66. The van der Waals surface area contributed by atoms with Crippen LogP contribution in [0, 0.1) is 5.41 Å². The van der Waals surface area contributed by atoms with Crippen LogP contribution in [0.2, 0.25) is 0 Å². The molecule has 0 aliphatic carbocycles. The number of nitrogens with two attached hydrogens (primary N) is 1. The number of rotatable bonds is 5. The van der Waals surface area contributed by atoms with Gasteiger partial charge in [0.2, 0.25) is 5.91 Å². The highest BCUT2D eigenvalue weighted by Gasteiger charge is 2.26. The van der Waals surface area contributed by atoms with E-state index in [0.29, 0.717) is 6.54 Å². The summed E-state index contributed by atoms with van der Waals surface area (Å²) in [5.41, 5.74) is 6.82. The van der Waals surface area contributed by atoms with Gasteiger partial charge in [0.1, 0.15) is 0 Å². The number of anilines is 1. The van der Waals surface area contributed by atoms with Crippen LogP contribution in [0.5, 0.6) is 0 Å². The SMILES string of the molecule is CN(CCNC(=O)[C@H](N)C(C)(C)C)c1ccccc1. The lowest BCUT2D eigenvalue weighted by atomic mass is 9.87. The van der Waals surface area contributed by atoms with Crippen molar-refractivity contribution in [3.05, 3.63) is 30.3 Å². The summed E-state index contributed by atoms with van der Waals surface area (Å²) in [7, 11) is 2.01. The van der Waals surface area contributed by atoms with Gasteiger partial charge in [0.05, 0.1) is 6.04 Å². The van der Waals surface area contributed by atoms with E-state index in [9.17, 15) is 4.79 Å². The lowest BCUT2D eigenvalue weighted by molar-refractivity contribution is -0.124. The predicted octanol–water partition coefficient (Wildman–Crippen LogP) is 1.61. The number of para-hydroxylation sites is 1. The summed E-state index contributed by atoms with van der Waals surface area (Å²) in [6.45, 7) is 7.24. The summed E-state index contributed by atoms with van der Waals surface area (Å²) in [5, 5.41) is 2.88. The largest absolute Gasteiger partial charge is 0.373 e. The highest BCUT2D eigenvalue weighted by molar-refractivity contribution is 5.82. The molecule has 0 aliphatic rings. The molecule has 4 heteroatoms. The minimum Gasteiger partial charge on any atom is -0.373 e. The molecule has 0 saturated carbocycles. The van der Waals surface area contributed by atoms with Crippen molar-refractivity contribution in [1.29, 1.82) is 0 Å². The van der Waals surface area contributed by atoms with Crippen LogP contribution in [0.25, 0.3) is 0 Å². The maximum absolute atomic E-state index is 11.9. The van der Waals surface area contributed by atoms with Gasteiger partial charge in [0, 0.05) is 25.8 Å². The smallest absolute Gasteiger partial charge is 0.237 e. The van der Waals surface area contributed by atoms with E-state index in [1.165, 1.54) is 0 Å². The Bertz CT molecular complexity index is 398. The van der Waals surface area contributed by atoms with Crippen molar-refractivity contribution in [2.75, 3.05) is 25.0 Å². The Morgan fingerprint density at radius 1 is 1.32 bits per heavy atom. The number of benzene rings is 1. The van der Waals surface area contributed by atoms with E-state index in [1.807, 2.05) is 58.2 Å². The van der Waals surface area contributed by atoms with E-state index in [4.69, 9.17) is 5.73 Å². The first kappa shape index (κ1) is 15.5. The summed E-state index contributed by atoms with van der Waals surface area (Å²) >= 11 is 0. The van der Waals surface area contributed by atoms with E-state index in [-0.39, 0.29) is 11.3 Å². The molecule has 3 N–H and O–H groups in total. The van der Waals surface area contributed by atoms with Crippen LogP contribution in [0.4, 0.5) is 5.69 Å². The van der Waals surface area contributed by atoms with Gasteiger partial charge in [-0.1, -0.05) is 39.0 Å². The summed E-state index contributed by atoms with van der Waals surface area (Å²) in [6, 6.07) is 9.60. The molecule has 0 radical (unpaired) electrons. The Balaban J connectivity index is 2.37. The van der Waals surface area contributed by atoms with Crippen molar-refractivity contribution in [2.24, 2.45) is 11.1 Å². The van der Waals surface area contributed by atoms with Crippen molar-refractivity contribution in [1.82, 2.24) is 5.32 Å². The van der Waals surface area contributed by atoms with Gasteiger partial charge < -0.3 is 16.0 Å². The maximum Gasteiger partial charge on any atom is 0.237 e. The average Bonchev–Trinajstić information content (AvgIpc) is 2.37. The van der Waals surface area contributed by atoms with Crippen molar-refractivity contribution < 1.29 is 4.79 Å². The fourth-order valence-corrected chi connectivity index (χ4v) is 1.66. The predicted molar refractivity (Wildman–Crippen MR) is 80.2 cm³/mol. The average molecular weight is 263 g/mol. The van der Waals surface area contributed by atoms with E-state index in [0.717, 1.165) is 12.2 Å². The monoisotopic (exact) mass is 263 g/mol. The van der Waals surface area contributed by atoms with Crippen LogP contribution < -0.4 is 16.0 Å². The standard InChI is InChI=1S/C15H25N3O/c1-15(2,3)13(16)14(19)17-10-11-18(4)12-8-6-5-7-9-12/h5-9,13H,10-11,16H2,1-4H3,(H,17,19)/t13-/m0/s1. The first-order chi connectivity index (χ1) is 8.82. The van der Waals surface area contributed by atoms with Crippen LogP contribution >= 0.6 is 0 Å². The minimum absolute atomic E-state index is 0.0889. The molecule has 0 aliphatic heterocycles. The first-order valence-corrected chi connectivity index (χ1v) is 6.62. The maximum atomic E-state index is 11.9. The molecule has 1 atom stereocenters. The second-order valence-electron chi connectivity index (χ2n) is 5.89. The second-order valence-corrected chi connectivity index (χ2v) is 5.89. The summed E-state index contributed by atoms with van der Waals surface area (Å²) < 4.78 is 0. The molecule has 0 spiro atoms. The van der Waals surface area contributed by atoms with Crippen LogP contribution in [-0.4, -0.2) is 32.1 Å². The fraction of sp³-hybridized carbons (Fsp3) is 0.533. The Labute approximate surface area is 116 Å². The molecular weight excluding hydrogens is 238 g/mol. The third-order valence-electron chi connectivity index (χ3n) is 3.16. The molecule has 4 nitrogen and oxygen atoms in total. The molecular formula is C15H25N3O. The normalized spacial score (nSPS) is 12.9. The molecule has 1 amide bonds. The van der Waals surface area contributed by atoms with Crippen LogP contribution in [0.3, 0.4) is 0 Å². The molecule has 0 saturated heterocycles. The van der Waals surface area contributed by atoms with Crippen LogP contribution in [0.15, 0.2) is 30.3 Å². The third-order valence-corrected chi connectivity index (χ3v) is 3.16. The lowest BCUT2D eigenvalue weighted by Crippen LogP contribution is -2.49. The topological polar surface area (TPSA) is 58.4 Å². The number of nitrogens with zero attached hydrogens (tertiary/aromatic N) is 1.